The van der Waals surface area contributed by atoms with E-state index in [1.54, 1.807) is 48.2 Å². The van der Waals surface area contributed by atoms with Crippen LogP contribution in [0.3, 0.4) is 0 Å². The van der Waals surface area contributed by atoms with Crippen molar-refractivity contribution in [3.05, 3.63) is 64.7 Å². The van der Waals surface area contributed by atoms with Gasteiger partial charge in [-0.3, -0.25) is 4.79 Å². The molecule has 2 aromatic rings. The summed E-state index contributed by atoms with van der Waals surface area (Å²) >= 11 is 5.88. The van der Waals surface area contributed by atoms with Crippen molar-refractivity contribution >= 4 is 29.2 Å². The number of halogens is 1. The highest BCUT2D eigenvalue weighted by Crippen LogP contribution is 2.20. The molecule has 4 nitrogen and oxygen atoms in total. The van der Waals surface area contributed by atoms with Crippen molar-refractivity contribution in [1.82, 2.24) is 0 Å². The molecule has 0 aromatic heterocycles. The maximum absolute atomic E-state index is 11.9. The summed E-state index contributed by atoms with van der Waals surface area (Å²) in [6.07, 6.45) is 0. The number of hydrogen-bond acceptors (Lipinski definition) is 3. The minimum absolute atomic E-state index is 0.0798. The van der Waals surface area contributed by atoms with Crippen molar-refractivity contribution in [2.75, 3.05) is 11.5 Å². The molecule has 120 valence electrons. The second-order valence-corrected chi connectivity index (χ2v) is 5.44. The molecule has 2 aromatic carbocycles. The molecule has 0 N–H and O–H groups in total. The first kappa shape index (κ1) is 17.0. The fourth-order valence-corrected chi connectivity index (χ4v) is 2.27. The molecule has 2 rings (SSSR count). The number of benzene rings is 2. The monoisotopic (exact) mass is 331 g/mol. The predicted octanol–water partition coefficient (Wildman–Crippen LogP) is 4.07. The van der Waals surface area contributed by atoms with Gasteiger partial charge in [-0.25, -0.2) is 4.79 Å². The molecule has 5 heteroatoms. The van der Waals surface area contributed by atoms with Crippen LogP contribution in [0.15, 0.2) is 48.5 Å². The largest absolute Gasteiger partial charge is 0.462 e. The average Bonchev–Trinajstić information content (AvgIpc) is 2.54. The van der Waals surface area contributed by atoms with Gasteiger partial charge in [0.05, 0.1) is 18.7 Å². The molecule has 0 bridgehead atoms. The fraction of sp³-hybridized carbons (Fsp3) is 0.222. The maximum Gasteiger partial charge on any atom is 0.338 e. The summed E-state index contributed by atoms with van der Waals surface area (Å²) in [5.41, 5.74) is 2.16. The van der Waals surface area contributed by atoms with Gasteiger partial charge in [-0.05, 0) is 48.9 Å². The van der Waals surface area contributed by atoms with Crippen molar-refractivity contribution in [3.63, 3.8) is 0 Å². The Morgan fingerprint density at radius 3 is 2.17 bits per heavy atom. The zero-order chi connectivity index (χ0) is 16.8. The van der Waals surface area contributed by atoms with Gasteiger partial charge < -0.3 is 9.64 Å². The van der Waals surface area contributed by atoms with Crippen molar-refractivity contribution in [1.29, 1.82) is 0 Å². The Hall–Kier alpha value is -2.33. The van der Waals surface area contributed by atoms with Crippen LogP contribution in [-0.4, -0.2) is 18.5 Å². The van der Waals surface area contributed by atoms with Gasteiger partial charge in [-0.15, -0.1) is 0 Å². The van der Waals surface area contributed by atoms with E-state index in [9.17, 15) is 9.59 Å². The number of nitrogens with zero attached hydrogens (tertiary/aromatic N) is 1. The molecule has 0 aliphatic heterocycles. The van der Waals surface area contributed by atoms with Gasteiger partial charge in [-0.2, -0.15) is 0 Å². The SMILES string of the molecule is CCOC(=O)c1ccc(N(Cc2ccc(Cl)cc2)C(C)=O)cc1. The average molecular weight is 332 g/mol. The number of carbonyl (C=O) groups is 2. The Bertz CT molecular complexity index is 680. The van der Waals surface area contributed by atoms with Crippen LogP contribution < -0.4 is 4.90 Å². The third kappa shape index (κ3) is 4.57. The van der Waals surface area contributed by atoms with Gasteiger partial charge in [0.25, 0.3) is 0 Å². The van der Waals surface area contributed by atoms with Gasteiger partial charge in [0, 0.05) is 17.6 Å². The van der Waals surface area contributed by atoms with Gasteiger partial charge in [-0.1, -0.05) is 23.7 Å². The van der Waals surface area contributed by atoms with Crippen LogP contribution in [0.25, 0.3) is 0 Å². The van der Waals surface area contributed by atoms with E-state index >= 15 is 0 Å². The van der Waals surface area contributed by atoms with Crippen LogP contribution in [0, 0.1) is 0 Å². The van der Waals surface area contributed by atoms with E-state index < -0.39 is 0 Å². The second kappa shape index (κ2) is 7.79. The number of hydrogen-bond donors (Lipinski definition) is 0. The molecule has 0 radical (unpaired) electrons. The van der Waals surface area contributed by atoms with Crippen LogP contribution >= 0.6 is 11.6 Å². The molecule has 0 unspecified atom stereocenters. The number of amides is 1. The second-order valence-electron chi connectivity index (χ2n) is 5.00. The highest BCUT2D eigenvalue weighted by Gasteiger charge is 2.13. The van der Waals surface area contributed by atoms with Crippen molar-refractivity contribution in [2.45, 2.75) is 20.4 Å². The summed E-state index contributed by atoms with van der Waals surface area (Å²) in [4.78, 5) is 25.2. The minimum atomic E-state index is -0.369. The molecular weight excluding hydrogens is 314 g/mol. The molecule has 0 fully saturated rings. The summed E-state index contributed by atoms with van der Waals surface area (Å²) in [5, 5.41) is 0.655. The lowest BCUT2D eigenvalue weighted by Crippen LogP contribution is -2.27. The van der Waals surface area contributed by atoms with Crippen molar-refractivity contribution < 1.29 is 14.3 Å². The first-order valence-corrected chi connectivity index (χ1v) is 7.68. The minimum Gasteiger partial charge on any atom is -0.462 e. The number of esters is 1. The number of rotatable bonds is 5. The quantitative estimate of drug-likeness (QED) is 0.776. The van der Waals surface area contributed by atoms with E-state index in [1.807, 2.05) is 12.1 Å². The smallest absolute Gasteiger partial charge is 0.338 e. The van der Waals surface area contributed by atoms with Gasteiger partial charge in [0.15, 0.2) is 0 Å². The van der Waals surface area contributed by atoms with E-state index in [2.05, 4.69) is 0 Å². The number of anilines is 1. The lowest BCUT2D eigenvalue weighted by Gasteiger charge is -2.21. The molecule has 1 amide bonds. The molecule has 0 saturated carbocycles. The van der Waals surface area contributed by atoms with Crippen LogP contribution in [0.4, 0.5) is 5.69 Å². The lowest BCUT2D eigenvalue weighted by molar-refractivity contribution is -0.116. The summed E-state index contributed by atoms with van der Waals surface area (Å²) < 4.78 is 4.95. The number of ether oxygens (including phenoxy) is 1. The van der Waals surface area contributed by atoms with E-state index in [0.717, 1.165) is 11.3 Å². The van der Waals surface area contributed by atoms with Crippen molar-refractivity contribution in [2.24, 2.45) is 0 Å². The summed E-state index contributed by atoms with van der Waals surface area (Å²) in [6, 6.07) is 14.1. The van der Waals surface area contributed by atoms with Gasteiger partial charge >= 0.3 is 5.97 Å². The molecule has 0 aliphatic rings. The molecular formula is C18H18ClNO3. The Labute approximate surface area is 140 Å². The molecule has 0 spiro atoms. The molecule has 23 heavy (non-hydrogen) atoms. The number of carbonyl (C=O) groups excluding carboxylic acids is 2. The Balaban J connectivity index is 2.19. The van der Waals surface area contributed by atoms with Crippen molar-refractivity contribution in [3.8, 4) is 0 Å². The van der Waals surface area contributed by atoms with E-state index in [0.29, 0.717) is 23.7 Å². The third-order valence-electron chi connectivity index (χ3n) is 3.32. The lowest BCUT2D eigenvalue weighted by atomic mass is 10.1. The van der Waals surface area contributed by atoms with E-state index in [4.69, 9.17) is 16.3 Å². The normalized spacial score (nSPS) is 10.2. The van der Waals surface area contributed by atoms with Gasteiger partial charge in [0.1, 0.15) is 0 Å². The van der Waals surface area contributed by atoms with Crippen LogP contribution in [0.2, 0.25) is 5.02 Å². The van der Waals surface area contributed by atoms with E-state index in [-0.39, 0.29) is 11.9 Å². The highest BCUT2D eigenvalue weighted by molar-refractivity contribution is 6.30. The van der Waals surface area contributed by atoms with Crippen LogP contribution in [-0.2, 0) is 16.1 Å². The topological polar surface area (TPSA) is 46.6 Å². The summed E-state index contributed by atoms with van der Waals surface area (Å²) in [6.45, 7) is 4.03. The fourth-order valence-electron chi connectivity index (χ4n) is 2.15. The predicted molar refractivity (Wildman–Crippen MR) is 90.7 cm³/mol. The summed E-state index contributed by atoms with van der Waals surface area (Å²) in [5.74, 6) is -0.449. The third-order valence-corrected chi connectivity index (χ3v) is 3.58. The van der Waals surface area contributed by atoms with Crippen LogP contribution in [0.1, 0.15) is 29.8 Å². The zero-order valence-electron chi connectivity index (χ0n) is 13.1. The molecule has 0 atom stereocenters. The maximum atomic E-state index is 11.9. The molecule has 0 saturated heterocycles. The molecule has 0 aliphatic carbocycles. The van der Waals surface area contributed by atoms with Gasteiger partial charge in [0.2, 0.25) is 5.91 Å². The summed E-state index contributed by atoms with van der Waals surface area (Å²) in [7, 11) is 0. The Morgan fingerprint density at radius 1 is 1.04 bits per heavy atom. The zero-order valence-corrected chi connectivity index (χ0v) is 13.8. The standard InChI is InChI=1S/C18H18ClNO3/c1-3-23-18(22)15-6-10-17(11-7-15)20(13(2)21)12-14-4-8-16(19)9-5-14/h4-11H,3,12H2,1-2H3. The van der Waals surface area contributed by atoms with Crippen LogP contribution in [0.5, 0.6) is 0 Å². The Kier molecular flexibility index (Phi) is 5.77. The highest BCUT2D eigenvalue weighted by atomic mass is 35.5. The molecule has 0 heterocycles. The van der Waals surface area contributed by atoms with E-state index in [1.165, 1.54) is 6.92 Å². The first-order chi connectivity index (χ1) is 11.0. The Morgan fingerprint density at radius 2 is 1.65 bits per heavy atom. The first-order valence-electron chi connectivity index (χ1n) is 7.31.